The first-order valence-electron chi connectivity index (χ1n) is 3.63. The number of nitrogens with one attached hydrogen (secondary N) is 2. The van der Waals surface area contributed by atoms with Gasteiger partial charge in [0.2, 0.25) is 0 Å². The second-order valence-electron chi connectivity index (χ2n) is 2.14. The van der Waals surface area contributed by atoms with Crippen LogP contribution in [0.1, 0.15) is 6.92 Å². The number of ether oxygens (including phenoxy) is 1. The predicted octanol–water partition coefficient (Wildman–Crippen LogP) is 1.17. The fourth-order valence-corrected chi connectivity index (χ4v) is 0.640. The van der Waals surface area contributed by atoms with Crippen LogP contribution in [0.4, 0.5) is 18.0 Å². The Kier molecular flexibility index (Phi) is 5.21. The molecule has 0 bridgehead atoms. The zero-order chi connectivity index (χ0) is 11.2. The van der Waals surface area contributed by atoms with Gasteiger partial charge in [-0.2, -0.15) is 13.2 Å². The van der Waals surface area contributed by atoms with Crippen LogP contribution >= 0.6 is 12.2 Å². The molecular weight excluding hydrogens is 221 g/mol. The Morgan fingerprint density at radius 2 is 2.07 bits per heavy atom. The zero-order valence-corrected chi connectivity index (χ0v) is 8.09. The predicted molar refractivity (Wildman–Crippen MR) is 46.8 cm³/mol. The highest BCUT2D eigenvalue weighted by atomic mass is 32.1. The van der Waals surface area contributed by atoms with Crippen molar-refractivity contribution >= 4 is 23.4 Å². The average Bonchev–Trinajstić information content (AvgIpc) is 2.00. The van der Waals surface area contributed by atoms with Gasteiger partial charge in [-0.25, -0.2) is 4.79 Å². The van der Waals surface area contributed by atoms with Gasteiger partial charge in [0.1, 0.15) is 6.54 Å². The minimum absolute atomic E-state index is 0.119. The van der Waals surface area contributed by atoms with Crippen LogP contribution in [0.25, 0.3) is 0 Å². The van der Waals surface area contributed by atoms with Crippen molar-refractivity contribution in [2.24, 2.45) is 0 Å². The highest BCUT2D eigenvalue weighted by Gasteiger charge is 2.27. The molecule has 0 fully saturated rings. The molecule has 0 rings (SSSR count). The number of rotatable bonds is 2. The van der Waals surface area contributed by atoms with Crippen LogP contribution in [0.3, 0.4) is 0 Å². The highest BCUT2D eigenvalue weighted by molar-refractivity contribution is 7.80. The molecule has 0 aliphatic carbocycles. The summed E-state index contributed by atoms with van der Waals surface area (Å²) >= 11 is 4.39. The van der Waals surface area contributed by atoms with E-state index < -0.39 is 23.9 Å². The lowest BCUT2D eigenvalue weighted by molar-refractivity contribution is -0.122. The van der Waals surface area contributed by atoms with E-state index in [-0.39, 0.29) is 6.61 Å². The Morgan fingerprint density at radius 1 is 1.50 bits per heavy atom. The summed E-state index contributed by atoms with van der Waals surface area (Å²) in [5, 5.41) is 3.30. The van der Waals surface area contributed by atoms with E-state index in [2.05, 4.69) is 17.0 Å². The molecule has 0 heterocycles. The van der Waals surface area contributed by atoms with Crippen LogP contribution in [0.5, 0.6) is 0 Å². The number of hydrogen-bond donors (Lipinski definition) is 2. The van der Waals surface area contributed by atoms with Gasteiger partial charge in [-0.15, -0.1) is 0 Å². The molecule has 0 radical (unpaired) electrons. The van der Waals surface area contributed by atoms with E-state index in [1.54, 1.807) is 12.2 Å². The number of thiocarbonyl (C=S) groups is 1. The maximum absolute atomic E-state index is 11.6. The first kappa shape index (κ1) is 12.9. The van der Waals surface area contributed by atoms with E-state index in [1.165, 1.54) is 0 Å². The van der Waals surface area contributed by atoms with Crippen molar-refractivity contribution in [2.45, 2.75) is 13.1 Å². The first-order valence-corrected chi connectivity index (χ1v) is 4.04. The zero-order valence-electron chi connectivity index (χ0n) is 7.27. The van der Waals surface area contributed by atoms with Crippen LogP contribution in [-0.2, 0) is 4.74 Å². The van der Waals surface area contributed by atoms with Gasteiger partial charge >= 0.3 is 12.3 Å². The van der Waals surface area contributed by atoms with Gasteiger partial charge in [0, 0.05) is 0 Å². The van der Waals surface area contributed by atoms with Crippen molar-refractivity contribution in [3.63, 3.8) is 0 Å². The summed E-state index contributed by atoms with van der Waals surface area (Å²) in [6.45, 7) is 0.387. The third-order valence-electron chi connectivity index (χ3n) is 0.940. The number of carbonyl (C=O) groups is 1. The molecule has 82 valence electrons. The SMILES string of the molecule is CCOC(=O)NC(=S)NCC(F)(F)F. The van der Waals surface area contributed by atoms with Crippen molar-refractivity contribution in [2.75, 3.05) is 13.2 Å². The summed E-state index contributed by atoms with van der Waals surface area (Å²) < 4.78 is 39.3. The molecule has 0 aromatic carbocycles. The molecule has 4 nitrogen and oxygen atoms in total. The Morgan fingerprint density at radius 3 is 2.50 bits per heavy atom. The fourth-order valence-electron chi connectivity index (χ4n) is 0.485. The molecular formula is C6H9F3N2O2S. The van der Waals surface area contributed by atoms with Crippen LogP contribution < -0.4 is 10.6 Å². The number of amides is 1. The van der Waals surface area contributed by atoms with Crippen LogP contribution in [0, 0.1) is 0 Å². The Bertz CT molecular complexity index is 220. The second kappa shape index (κ2) is 5.63. The van der Waals surface area contributed by atoms with Crippen LogP contribution in [0.2, 0.25) is 0 Å². The second-order valence-corrected chi connectivity index (χ2v) is 2.55. The summed E-state index contributed by atoms with van der Waals surface area (Å²) in [4.78, 5) is 10.6. The number of alkyl carbamates (subject to hydrolysis) is 1. The van der Waals surface area contributed by atoms with E-state index in [9.17, 15) is 18.0 Å². The molecule has 0 saturated heterocycles. The molecule has 0 spiro atoms. The third kappa shape index (κ3) is 7.59. The lowest BCUT2D eigenvalue weighted by Crippen LogP contribution is -2.43. The summed E-state index contributed by atoms with van der Waals surface area (Å²) in [5.41, 5.74) is 0. The molecule has 1 amide bonds. The van der Waals surface area contributed by atoms with Crippen molar-refractivity contribution in [3.05, 3.63) is 0 Å². The normalized spacial score (nSPS) is 10.6. The standard InChI is InChI=1S/C6H9F3N2O2S/c1-2-13-5(12)11-4(14)10-3-6(7,8)9/h2-3H2,1H3,(H2,10,11,12,14). The van der Waals surface area contributed by atoms with Crippen molar-refractivity contribution in [1.82, 2.24) is 10.6 Å². The summed E-state index contributed by atoms with van der Waals surface area (Å²) in [5.74, 6) is 0. The molecule has 0 aliphatic heterocycles. The van der Waals surface area contributed by atoms with E-state index in [4.69, 9.17) is 0 Å². The maximum atomic E-state index is 11.6. The largest absolute Gasteiger partial charge is 0.450 e. The molecule has 0 aromatic heterocycles. The van der Waals surface area contributed by atoms with E-state index >= 15 is 0 Å². The molecule has 0 aromatic rings. The quantitative estimate of drug-likeness (QED) is 0.699. The molecule has 0 unspecified atom stereocenters. The lowest BCUT2D eigenvalue weighted by atomic mass is 10.6. The average molecular weight is 230 g/mol. The van der Waals surface area contributed by atoms with Crippen LogP contribution in [-0.4, -0.2) is 30.5 Å². The Labute approximate surface area is 83.8 Å². The molecule has 2 N–H and O–H groups in total. The molecule has 0 atom stereocenters. The van der Waals surface area contributed by atoms with Gasteiger partial charge < -0.3 is 10.1 Å². The highest BCUT2D eigenvalue weighted by Crippen LogP contribution is 2.11. The molecule has 0 saturated carbocycles. The van der Waals surface area contributed by atoms with Gasteiger partial charge in [0.25, 0.3) is 0 Å². The first-order chi connectivity index (χ1) is 6.35. The number of hydrogen-bond acceptors (Lipinski definition) is 3. The van der Waals surface area contributed by atoms with Crippen molar-refractivity contribution in [1.29, 1.82) is 0 Å². The monoisotopic (exact) mass is 230 g/mol. The van der Waals surface area contributed by atoms with Gasteiger partial charge in [0.05, 0.1) is 6.61 Å². The van der Waals surface area contributed by atoms with Crippen molar-refractivity contribution in [3.8, 4) is 0 Å². The number of halogens is 3. The summed E-state index contributed by atoms with van der Waals surface area (Å²) in [7, 11) is 0. The molecule has 14 heavy (non-hydrogen) atoms. The third-order valence-corrected chi connectivity index (χ3v) is 1.19. The number of alkyl halides is 3. The minimum atomic E-state index is -4.37. The number of carbonyl (C=O) groups excluding carboxylic acids is 1. The topological polar surface area (TPSA) is 50.4 Å². The lowest BCUT2D eigenvalue weighted by Gasteiger charge is -2.10. The molecule has 0 aliphatic rings. The van der Waals surface area contributed by atoms with E-state index in [0.717, 1.165) is 0 Å². The van der Waals surface area contributed by atoms with Gasteiger partial charge in [-0.1, -0.05) is 0 Å². The van der Waals surface area contributed by atoms with E-state index in [0.29, 0.717) is 0 Å². The summed E-state index contributed by atoms with van der Waals surface area (Å²) in [6, 6.07) is 0. The van der Waals surface area contributed by atoms with Gasteiger partial charge in [0.15, 0.2) is 5.11 Å². The minimum Gasteiger partial charge on any atom is -0.450 e. The fraction of sp³-hybridized carbons (Fsp3) is 0.667. The van der Waals surface area contributed by atoms with E-state index in [1.807, 2.05) is 5.32 Å². The van der Waals surface area contributed by atoms with Crippen LogP contribution in [0.15, 0.2) is 0 Å². The van der Waals surface area contributed by atoms with Gasteiger partial charge in [-0.05, 0) is 19.1 Å². The smallest absolute Gasteiger partial charge is 0.413 e. The molecule has 8 heteroatoms. The maximum Gasteiger partial charge on any atom is 0.413 e. The van der Waals surface area contributed by atoms with Crippen molar-refractivity contribution < 1.29 is 22.7 Å². The Balaban J connectivity index is 3.71. The summed E-state index contributed by atoms with van der Waals surface area (Å²) in [6.07, 6.45) is -5.26. The van der Waals surface area contributed by atoms with Gasteiger partial charge in [-0.3, -0.25) is 5.32 Å². The Hall–Kier alpha value is -1.05.